The minimum atomic E-state index is -0.817. The number of nitrogens with one attached hydrogen (secondary N) is 1. The number of aliphatic hydroxyl groups is 2. The van der Waals surface area contributed by atoms with Crippen LogP contribution < -0.4 is 4.74 Å². The van der Waals surface area contributed by atoms with Crippen molar-refractivity contribution in [2.45, 2.75) is 39.2 Å². The van der Waals surface area contributed by atoms with Crippen molar-refractivity contribution in [1.29, 1.82) is 0 Å². The van der Waals surface area contributed by atoms with Gasteiger partial charge in [0.15, 0.2) is 5.78 Å². The van der Waals surface area contributed by atoms with E-state index >= 15 is 0 Å². The molecule has 5 heteroatoms. The summed E-state index contributed by atoms with van der Waals surface area (Å²) in [6.07, 6.45) is -0.817. The first-order chi connectivity index (χ1) is 13.7. The number of ketones is 1. The number of aromatic nitrogens is 1. The minimum Gasteiger partial charge on any atom is -0.493 e. The van der Waals surface area contributed by atoms with Crippen LogP contribution in [-0.2, 0) is 5.41 Å². The second kappa shape index (κ2) is 7.01. The smallest absolute Gasteiger partial charge is 0.195 e. The van der Waals surface area contributed by atoms with Crippen LogP contribution in [0.3, 0.4) is 0 Å². The van der Waals surface area contributed by atoms with Crippen molar-refractivity contribution in [3.63, 3.8) is 0 Å². The van der Waals surface area contributed by atoms with Gasteiger partial charge in [-0.15, -0.1) is 0 Å². The van der Waals surface area contributed by atoms with Crippen LogP contribution in [0.15, 0.2) is 36.4 Å². The standard InChI is InChI=1S/C24H27NO4/c1-13-5-7-17-19(9-13)25-23-21(17)22(28)16-8-6-15(10-18(16)24(23,3)4)29-12-14(2)20(27)11-26/h5-10,14,20,25-27H,11-12H2,1-4H3/t14-,20-/m1/s1. The first kappa shape index (κ1) is 19.7. The molecule has 0 bridgehead atoms. The molecule has 0 spiro atoms. The molecule has 1 heterocycles. The van der Waals surface area contributed by atoms with Gasteiger partial charge in [-0.3, -0.25) is 4.79 Å². The molecular formula is C24H27NO4. The number of benzene rings is 2. The zero-order chi connectivity index (χ0) is 20.9. The molecular weight excluding hydrogens is 366 g/mol. The Morgan fingerprint density at radius 3 is 2.66 bits per heavy atom. The van der Waals surface area contributed by atoms with Crippen molar-refractivity contribution < 1.29 is 19.7 Å². The van der Waals surface area contributed by atoms with Gasteiger partial charge in [0, 0.05) is 33.5 Å². The van der Waals surface area contributed by atoms with E-state index in [0.29, 0.717) is 11.3 Å². The molecule has 1 aliphatic rings. The Hall–Kier alpha value is -2.63. The van der Waals surface area contributed by atoms with E-state index in [1.165, 1.54) is 0 Å². The normalized spacial score (nSPS) is 17.0. The number of ether oxygens (including phenoxy) is 1. The number of carbonyl (C=O) groups is 1. The van der Waals surface area contributed by atoms with Gasteiger partial charge in [0.25, 0.3) is 0 Å². The van der Waals surface area contributed by atoms with Crippen LogP contribution in [0.4, 0.5) is 0 Å². The molecule has 3 aromatic rings. The van der Waals surface area contributed by atoms with Crippen LogP contribution in [0.25, 0.3) is 10.9 Å². The molecule has 0 radical (unpaired) electrons. The summed E-state index contributed by atoms with van der Waals surface area (Å²) in [7, 11) is 0. The maximum absolute atomic E-state index is 13.3. The summed E-state index contributed by atoms with van der Waals surface area (Å²) in [4.78, 5) is 16.8. The van der Waals surface area contributed by atoms with Gasteiger partial charge < -0.3 is 19.9 Å². The third-order valence-corrected chi connectivity index (χ3v) is 6.07. The molecule has 1 aliphatic carbocycles. The van der Waals surface area contributed by atoms with E-state index in [4.69, 9.17) is 9.84 Å². The third kappa shape index (κ3) is 3.15. The monoisotopic (exact) mass is 393 g/mol. The fourth-order valence-electron chi connectivity index (χ4n) is 4.13. The third-order valence-electron chi connectivity index (χ3n) is 6.07. The number of carbonyl (C=O) groups excluding carboxylic acids is 1. The number of rotatable bonds is 5. The van der Waals surface area contributed by atoms with Crippen molar-refractivity contribution in [2.75, 3.05) is 13.2 Å². The van der Waals surface area contributed by atoms with Gasteiger partial charge in [-0.1, -0.05) is 32.9 Å². The lowest BCUT2D eigenvalue weighted by Gasteiger charge is -2.32. The quantitative estimate of drug-likeness (QED) is 0.617. The Morgan fingerprint density at radius 2 is 1.93 bits per heavy atom. The average Bonchev–Trinajstić information content (AvgIpc) is 3.09. The number of aliphatic hydroxyl groups excluding tert-OH is 2. The van der Waals surface area contributed by atoms with Gasteiger partial charge in [-0.2, -0.15) is 0 Å². The van der Waals surface area contributed by atoms with Crippen molar-refractivity contribution in [3.8, 4) is 5.75 Å². The summed E-state index contributed by atoms with van der Waals surface area (Å²) >= 11 is 0. The van der Waals surface area contributed by atoms with E-state index < -0.39 is 6.10 Å². The molecule has 0 saturated heterocycles. The molecule has 4 rings (SSSR count). The lowest BCUT2D eigenvalue weighted by atomic mass is 9.71. The molecule has 29 heavy (non-hydrogen) atoms. The molecule has 0 fully saturated rings. The highest BCUT2D eigenvalue weighted by molar-refractivity contribution is 6.20. The zero-order valence-corrected chi connectivity index (χ0v) is 17.2. The number of aromatic amines is 1. The first-order valence-electron chi connectivity index (χ1n) is 9.97. The Labute approximate surface area is 170 Å². The molecule has 0 aliphatic heterocycles. The number of H-pyrrole nitrogens is 1. The maximum atomic E-state index is 13.3. The molecule has 3 N–H and O–H groups in total. The molecule has 0 saturated carbocycles. The predicted molar refractivity (Wildman–Crippen MR) is 113 cm³/mol. The van der Waals surface area contributed by atoms with E-state index in [1.807, 2.05) is 38.1 Å². The van der Waals surface area contributed by atoms with Gasteiger partial charge in [0.1, 0.15) is 5.75 Å². The molecule has 2 aromatic carbocycles. The van der Waals surface area contributed by atoms with Gasteiger partial charge in [-0.25, -0.2) is 0 Å². The lowest BCUT2D eigenvalue weighted by molar-refractivity contribution is 0.0348. The van der Waals surface area contributed by atoms with Crippen molar-refractivity contribution in [3.05, 3.63) is 64.3 Å². The summed E-state index contributed by atoms with van der Waals surface area (Å²) in [5.41, 5.74) is 5.04. The van der Waals surface area contributed by atoms with Crippen LogP contribution in [0.5, 0.6) is 5.75 Å². The SMILES string of the molecule is Cc1ccc2c3c([nH]c2c1)C(C)(C)c1cc(OC[C@@H](C)[C@H](O)CO)ccc1C3=O. The fraction of sp³-hybridized carbons (Fsp3) is 0.375. The minimum absolute atomic E-state index is 0.0278. The van der Waals surface area contributed by atoms with E-state index in [0.717, 1.165) is 33.3 Å². The lowest BCUT2D eigenvalue weighted by Crippen LogP contribution is -2.30. The van der Waals surface area contributed by atoms with Gasteiger partial charge in [0.05, 0.1) is 24.9 Å². The van der Waals surface area contributed by atoms with Crippen molar-refractivity contribution >= 4 is 16.7 Å². The Balaban J connectivity index is 1.74. The highest BCUT2D eigenvalue weighted by atomic mass is 16.5. The van der Waals surface area contributed by atoms with E-state index in [-0.39, 0.29) is 30.3 Å². The van der Waals surface area contributed by atoms with Crippen LogP contribution in [0.2, 0.25) is 0 Å². The van der Waals surface area contributed by atoms with Gasteiger partial charge >= 0.3 is 0 Å². The highest BCUT2D eigenvalue weighted by Crippen LogP contribution is 2.44. The fourth-order valence-corrected chi connectivity index (χ4v) is 4.13. The zero-order valence-electron chi connectivity index (χ0n) is 17.2. The molecule has 0 amide bonds. The van der Waals surface area contributed by atoms with Crippen LogP contribution in [0.1, 0.15) is 53.5 Å². The second-order valence-electron chi connectivity index (χ2n) is 8.62. The van der Waals surface area contributed by atoms with Gasteiger partial charge in [-0.05, 0) is 42.3 Å². The highest BCUT2D eigenvalue weighted by Gasteiger charge is 2.39. The number of fused-ring (bicyclic) bond motifs is 4. The molecule has 0 unspecified atom stereocenters. The van der Waals surface area contributed by atoms with Crippen LogP contribution in [0, 0.1) is 12.8 Å². The number of hydrogen-bond donors (Lipinski definition) is 3. The Kier molecular flexibility index (Phi) is 4.75. The predicted octanol–water partition coefficient (Wildman–Crippen LogP) is 3.71. The van der Waals surface area contributed by atoms with E-state index in [2.05, 4.69) is 24.9 Å². The van der Waals surface area contributed by atoms with Crippen LogP contribution >= 0.6 is 0 Å². The molecule has 5 nitrogen and oxygen atoms in total. The average molecular weight is 393 g/mol. The summed E-state index contributed by atoms with van der Waals surface area (Å²) in [6.45, 7) is 8.08. The maximum Gasteiger partial charge on any atom is 0.195 e. The van der Waals surface area contributed by atoms with E-state index in [9.17, 15) is 9.90 Å². The van der Waals surface area contributed by atoms with Crippen molar-refractivity contribution in [1.82, 2.24) is 4.98 Å². The summed E-state index contributed by atoms with van der Waals surface area (Å²) < 4.78 is 5.86. The summed E-state index contributed by atoms with van der Waals surface area (Å²) in [5.74, 6) is 0.478. The topological polar surface area (TPSA) is 82.6 Å². The Bertz CT molecular complexity index is 1100. The molecule has 152 valence electrons. The summed E-state index contributed by atoms with van der Waals surface area (Å²) in [6, 6.07) is 11.7. The molecule has 2 atom stereocenters. The van der Waals surface area contributed by atoms with Crippen molar-refractivity contribution in [2.24, 2.45) is 5.92 Å². The van der Waals surface area contributed by atoms with E-state index in [1.54, 1.807) is 6.07 Å². The second-order valence-corrected chi connectivity index (χ2v) is 8.62. The van der Waals surface area contributed by atoms with Gasteiger partial charge in [0.2, 0.25) is 0 Å². The number of hydrogen-bond acceptors (Lipinski definition) is 4. The van der Waals surface area contributed by atoms with Crippen LogP contribution in [-0.4, -0.2) is 40.3 Å². The number of aryl methyl sites for hydroxylation is 1. The Morgan fingerprint density at radius 1 is 1.17 bits per heavy atom. The largest absolute Gasteiger partial charge is 0.493 e. The summed E-state index contributed by atoms with van der Waals surface area (Å²) in [5, 5.41) is 19.8. The first-order valence-corrected chi connectivity index (χ1v) is 9.97. The molecule has 1 aromatic heterocycles.